The molecule has 2 aromatic heterocycles. The van der Waals surface area contributed by atoms with Gasteiger partial charge in [0.2, 0.25) is 0 Å². The van der Waals surface area contributed by atoms with Crippen molar-refractivity contribution in [3.63, 3.8) is 0 Å². The molecule has 0 amide bonds. The third-order valence-corrected chi connectivity index (χ3v) is 19.2. The minimum absolute atomic E-state index is 0.00603. The van der Waals surface area contributed by atoms with Crippen LogP contribution in [0.15, 0.2) is 30.5 Å². The Kier molecular flexibility index (Phi) is 9.59. The fourth-order valence-electron chi connectivity index (χ4n) is 10.3. The Bertz CT molecular complexity index is 2130. The fourth-order valence-corrected chi connectivity index (χ4v) is 15.6. The van der Waals surface area contributed by atoms with Gasteiger partial charge in [-0.1, -0.05) is 53.5 Å². The van der Waals surface area contributed by atoms with Gasteiger partial charge in [-0.25, -0.2) is 13.2 Å². The van der Waals surface area contributed by atoms with E-state index in [2.05, 4.69) is 72.8 Å². The van der Waals surface area contributed by atoms with Crippen LogP contribution in [-0.4, -0.2) is 89.7 Å². The van der Waals surface area contributed by atoms with Crippen molar-refractivity contribution >= 4 is 35.6 Å². The maximum atomic E-state index is 17.3. The molecule has 1 N–H and O–H groups in total. The Labute approximate surface area is 316 Å². The number of benzene rings is 2. The second-order valence-electron chi connectivity index (χ2n) is 16.9. The molecule has 8 rings (SSSR count). The number of alkyl halides is 1. The van der Waals surface area contributed by atoms with Crippen LogP contribution in [0, 0.1) is 23.1 Å². The summed E-state index contributed by atoms with van der Waals surface area (Å²) in [4.78, 5) is 18.5. The number of phenols is 1. The molecular formula is C42H50F3N5O3Si. The Morgan fingerprint density at radius 1 is 1.07 bits per heavy atom. The van der Waals surface area contributed by atoms with Crippen molar-refractivity contribution in [3.8, 4) is 34.5 Å². The molecule has 12 heteroatoms. The van der Waals surface area contributed by atoms with E-state index in [4.69, 9.17) is 14.5 Å². The molecule has 6 heterocycles. The third kappa shape index (κ3) is 6.02. The first-order valence-electron chi connectivity index (χ1n) is 19.6. The number of rotatable bonds is 8. The number of phenolic OH excluding ortho intramolecular Hbond substituents is 1. The van der Waals surface area contributed by atoms with E-state index in [1.807, 2.05) is 0 Å². The van der Waals surface area contributed by atoms with E-state index in [-0.39, 0.29) is 52.8 Å². The topological polar surface area (TPSA) is 83.8 Å². The molecule has 4 aliphatic rings. The van der Waals surface area contributed by atoms with Crippen LogP contribution in [0.1, 0.15) is 79.2 Å². The highest BCUT2D eigenvalue weighted by atomic mass is 28.3. The quantitative estimate of drug-likeness (QED) is 0.141. The van der Waals surface area contributed by atoms with Crippen LogP contribution in [-0.2, 0) is 4.74 Å². The van der Waals surface area contributed by atoms with Crippen LogP contribution in [0.2, 0.25) is 16.6 Å². The number of aromatic hydroxyl groups is 1. The van der Waals surface area contributed by atoms with Gasteiger partial charge >= 0.3 is 6.01 Å². The molecule has 0 spiro atoms. The molecular weight excluding hydrogens is 708 g/mol. The minimum Gasteiger partial charge on any atom is -0.508 e. The summed E-state index contributed by atoms with van der Waals surface area (Å²) in [6.45, 7) is 15.7. The molecule has 0 saturated carbocycles. The zero-order valence-corrected chi connectivity index (χ0v) is 33.1. The van der Waals surface area contributed by atoms with Gasteiger partial charge in [0.15, 0.2) is 5.82 Å². The number of aromatic nitrogens is 3. The smallest absolute Gasteiger partial charge is 0.319 e. The van der Waals surface area contributed by atoms with Crippen LogP contribution in [0.4, 0.5) is 19.0 Å². The van der Waals surface area contributed by atoms with Gasteiger partial charge in [-0.3, -0.25) is 9.88 Å². The molecule has 54 heavy (non-hydrogen) atoms. The Morgan fingerprint density at radius 2 is 1.85 bits per heavy atom. The summed E-state index contributed by atoms with van der Waals surface area (Å²) in [6, 6.07) is 6.12. The van der Waals surface area contributed by atoms with Gasteiger partial charge in [-0.05, 0) is 72.4 Å². The normalized spacial score (nSPS) is 24.3. The molecule has 4 saturated heterocycles. The number of pyridine rings is 1. The molecule has 4 fully saturated rings. The molecule has 4 aliphatic heterocycles. The van der Waals surface area contributed by atoms with Crippen LogP contribution in [0.25, 0.3) is 32.9 Å². The maximum Gasteiger partial charge on any atom is 0.319 e. The van der Waals surface area contributed by atoms with Crippen molar-refractivity contribution in [3.05, 3.63) is 47.7 Å². The number of halogens is 3. The first-order valence-corrected chi connectivity index (χ1v) is 21.8. The van der Waals surface area contributed by atoms with Crippen molar-refractivity contribution in [2.24, 2.45) is 0 Å². The van der Waals surface area contributed by atoms with Gasteiger partial charge in [0.1, 0.15) is 49.4 Å². The average Bonchev–Trinajstić information content (AvgIpc) is 3.41. The highest BCUT2D eigenvalue weighted by molar-refractivity contribution is 6.90. The summed E-state index contributed by atoms with van der Waals surface area (Å²) in [5, 5.41) is 12.2. The van der Waals surface area contributed by atoms with Gasteiger partial charge in [-0.2, -0.15) is 9.97 Å². The van der Waals surface area contributed by atoms with Gasteiger partial charge in [0.25, 0.3) is 0 Å². The summed E-state index contributed by atoms with van der Waals surface area (Å²) in [5.41, 5.74) is 4.44. The van der Waals surface area contributed by atoms with E-state index in [0.717, 1.165) is 32.2 Å². The summed E-state index contributed by atoms with van der Waals surface area (Å²) in [6.07, 6.45) is 4.53. The van der Waals surface area contributed by atoms with Crippen molar-refractivity contribution in [2.75, 3.05) is 37.8 Å². The number of nitrogens with zero attached hydrogens (tertiary/aromatic N) is 5. The van der Waals surface area contributed by atoms with E-state index in [1.54, 1.807) is 12.3 Å². The number of hydrogen-bond donors (Lipinski definition) is 1. The van der Waals surface area contributed by atoms with E-state index >= 15 is 8.78 Å². The summed E-state index contributed by atoms with van der Waals surface area (Å²) >= 11 is 0. The fraction of sp³-hybridized carbons (Fsp3) is 0.548. The molecule has 2 unspecified atom stereocenters. The van der Waals surface area contributed by atoms with Crippen LogP contribution in [0.5, 0.6) is 11.8 Å². The SMILES string of the molecule is CC(C)[Si](C#Cc1c(F)ccc2cc(O)cc(-c3ncc4c(N5C6CCOCC5C6)nc(OC[C@@]56CCCN5C[C@H](F)C6)nc4c3F)c12)(C(C)C)C(C)C. The van der Waals surface area contributed by atoms with E-state index in [1.165, 1.54) is 18.2 Å². The lowest BCUT2D eigenvalue weighted by Crippen LogP contribution is -2.57. The van der Waals surface area contributed by atoms with Crippen LogP contribution in [0.3, 0.4) is 0 Å². The highest BCUT2D eigenvalue weighted by Gasteiger charge is 2.50. The lowest BCUT2D eigenvalue weighted by atomic mass is 9.91. The Hall–Kier alpha value is -3.92. The first kappa shape index (κ1) is 37.0. The second-order valence-corrected chi connectivity index (χ2v) is 22.4. The van der Waals surface area contributed by atoms with Crippen molar-refractivity contribution in [1.29, 1.82) is 0 Å². The van der Waals surface area contributed by atoms with Gasteiger partial charge in [-0.15, -0.1) is 5.54 Å². The predicted octanol–water partition coefficient (Wildman–Crippen LogP) is 8.72. The molecule has 0 aliphatic carbocycles. The zero-order valence-electron chi connectivity index (χ0n) is 32.1. The highest BCUT2D eigenvalue weighted by Crippen LogP contribution is 2.45. The molecule has 4 aromatic rings. The number of ether oxygens (including phenoxy) is 2. The summed E-state index contributed by atoms with van der Waals surface area (Å²) in [7, 11) is -2.28. The second kappa shape index (κ2) is 14.0. The maximum absolute atomic E-state index is 17.3. The average molecular weight is 758 g/mol. The zero-order chi connectivity index (χ0) is 38.1. The van der Waals surface area contributed by atoms with E-state index in [9.17, 15) is 9.50 Å². The van der Waals surface area contributed by atoms with Gasteiger partial charge in [0, 0.05) is 42.8 Å². The summed E-state index contributed by atoms with van der Waals surface area (Å²) < 4.78 is 60.2. The largest absolute Gasteiger partial charge is 0.508 e. The van der Waals surface area contributed by atoms with Gasteiger partial charge < -0.3 is 19.5 Å². The minimum atomic E-state index is -2.28. The van der Waals surface area contributed by atoms with Crippen molar-refractivity contribution in [1.82, 2.24) is 19.9 Å². The van der Waals surface area contributed by atoms with Crippen molar-refractivity contribution < 1.29 is 27.8 Å². The number of fused-ring (bicyclic) bond motifs is 5. The standard InChI is InChI=1S/C42H50F3N5O3Si/c1-24(2)54(25(3)4,26(5)6)15-11-32-35(44)9-8-27-16-31(51)18-33(36(27)32)38-37(45)39-34(20-46-38)40(50-29-10-14-52-22-30(50)17-29)48-41(47-39)53-23-42-12-7-13-49(42)21-28(43)19-42/h8-9,16,18,20,24-26,28-30,51H,7,10,12-14,17,19,21-23H2,1-6H3/t28-,29?,30?,42+/m1/s1. The van der Waals surface area contributed by atoms with Crippen LogP contribution < -0.4 is 9.64 Å². The lowest BCUT2D eigenvalue weighted by molar-refractivity contribution is 0.107. The Balaban J connectivity index is 1.30. The number of anilines is 1. The molecule has 2 aromatic carbocycles. The molecule has 286 valence electrons. The molecule has 8 nitrogen and oxygen atoms in total. The summed E-state index contributed by atoms with van der Waals surface area (Å²) in [5.74, 6) is 2.43. The lowest BCUT2D eigenvalue weighted by Gasteiger charge is -2.47. The first-order chi connectivity index (χ1) is 25.8. The monoisotopic (exact) mass is 757 g/mol. The third-order valence-electron chi connectivity index (χ3n) is 12.9. The Morgan fingerprint density at radius 3 is 2.61 bits per heavy atom. The molecule has 4 atom stereocenters. The number of hydrogen-bond acceptors (Lipinski definition) is 8. The van der Waals surface area contributed by atoms with Crippen molar-refractivity contribution in [2.45, 2.75) is 114 Å². The molecule has 2 bridgehead atoms. The van der Waals surface area contributed by atoms with Gasteiger partial charge in [0.05, 0.1) is 29.1 Å². The molecule has 0 radical (unpaired) electrons. The van der Waals surface area contributed by atoms with E-state index < -0.39 is 31.4 Å². The van der Waals surface area contributed by atoms with Crippen LogP contribution >= 0.6 is 0 Å². The predicted molar refractivity (Wildman–Crippen MR) is 208 cm³/mol. The van der Waals surface area contributed by atoms with E-state index in [0.29, 0.717) is 64.8 Å².